The summed E-state index contributed by atoms with van der Waals surface area (Å²) >= 11 is 0. The van der Waals surface area contributed by atoms with Crippen LogP contribution in [0, 0.1) is 5.82 Å². The Balaban J connectivity index is 0.00000361. The predicted octanol–water partition coefficient (Wildman–Crippen LogP) is 2.47. The van der Waals surface area contributed by atoms with Crippen LogP contribution in [0.25, 0.3) is 0 Å². The van der Waals surface area contributed by atoms with Crippen molar-refractivity contribution in [3.63, 3.8) is 0 Å². The van der Waals surface area contributed by atoms with Crippen LogP contribution in [0.4, 0.5) is 4.39 Å². The van der Waals surface area contributed by atoms with Gasteiger partial charge in [0, 0.05) is 40.8 Å². The number of ether oxygens (including phenoxy) is 1. The van der Waals surface area contributed by atoms with E-state index in [1.54, 1.807) is 12.1 Å². The molecule has 0 atom stereocenters. The van der Waals surface area contributed by atoms with E-state index < -0.39 is 0 Å². The summed E-state index contributed by atoms with van der Waals surface area (Å²) in [6, 6.07) is 4.91. The van der Waals surface area contributed by atoms with Gasteiger partial charge in [0.15, 0.2) is 5.96 Å². The largest absolute Gasteiger partial charge is 0.497 e. The summed E-state index contributed by atoms with van der Waals surface area (Å²) in [4.78, 5) is 8.34. The first kappa shape index (κ1) is 18.9. The van der Waals surface area contributed by atoms with E-state index >= 15 is 0 Å². The lowest BCUT2D eigenvalue weighted by atomic mass is 10.1. The maximum atomic E-state index is 13.7. The summed E-state index contributed by atoms with van der Waals surface area (Å²) in [5.74, 6) is 1.16. The molecule has 0 saturated heterocycles. The molecule has 1 aromatic carbocycles. The van der Waals surface area contributed by atoms with Crippen LogP contribution < -0.4 is 4.74 Å². The Hall–Kier alpha value is -1.05. The van der Waals surface area contributed by atoms with Gasteiger partial charge >= 0.3 is 0 Å². The van der Waals surface area contributed by atoms with Gasteiger partial charge in [-0.15, -0.1) is 24.0 Å². The van der Waals surface area contributed by atoms with E-state index in [0.29, 0.717) is 24.3 Å². The third kappa shape index (κ3) is 5.52. The summed E-state index contributed by atoms with van der Waals surface area (Å²) in [6.07, 6.45) is 0.570. The van der Waals surface area contributed by atoms with Gasteiger partial charge < -0.3 is 14.5 Å². The van der Waals surface area contributed by atoms with Gasteiger partial charge in [-0.3, -0.25) is 4.99 Å². The molecule has 0 fully saturated rings. The molecule has 20 heavy (non-hydrogen) atoms. The van der Waals surface area contributed by atoms with Gasteiger partial charge in [0.1, 0.15) is 11.6 Å². The number of hydrogen-bond donors (Lipinski definition) is 0. The smallest absolute Gasteiger partial charge is 0.195 e. The molecule has 114 valence electrons. The third-order valence-electron chi connectivity index (χ3n) is 2.69. The van der Waals surface area contributed by atoms with Crippen molar-refractivity contribution in [1.82, 2.24) is 9.80 Å². The van der Waals surface area contributed by atoms with E-state index in [2.05, 4.69) is 4.99 Å². The molecule has 1 aromatic rings. The summed E-state index contributed by atoms with van der Waals surface area (Å²) in [5, 5.41) is 0. The lowest BCUT2D eigenvalue weighted by Gasteiger charge is -2.22. The molecule has 0 aromatic heterocycles. The normalized spacial score (nSPS) is 9.50. The lowest BCUT2D eigenvalue weighted by molar-refractivity contribution is 0.410. The van der Waals surface area contributed by atoms with Crippen LogP contribution in [0.3, 0.4) is 0 Å². The van der Waals surface area contributed by atoms with E-state index in [9.17, 15) is 4.39 Å². The summed E-state index contributed by atoms with van der Waals surface area (Å²) in [5.41, 5.74) is 0.654. The van der Waals surface area contributed by atoms with Crippen LogP contribution in [0.5, 0.6) is 5.75 Å². The fourth-order valence-electron chi connectivity index (χ4n) is 1.82. The van der Waals surface area contributed by atoms with Crippen LogP contribution in [0.2, 0.25) is 0 Å². The maximum Gasteiger partial charge on any atom is 0.195 e. The molecular weight excluding hydrogens is 372 g/mol. The van der Waals surface area contributed by atoms with Gasteiger partial charge in [-0.25, -0.2) is 4.39 Å². The number of guanidine groups is 1. The molecular formula is C14H23FIN3O. The number of halogens is 2. The zero-order chi connectivity index (χ0) is 14.4. The highest BCUT2D eigenvalue weighted by Gasteiger charge is 2.06. The summed E-state index contributed by atoms with van der Waals surface area (Å²) < 4.78 is 18.7. The molecule has 0 amide bonds. The molecule has 0 aliphatic carbocycles. The number of nitrogens with zero attached hydrogens (tertiary/aromatic N) is 3. The molecule has 0 bridgehead atoms. The Morgan fingerprint density at radius 3 is 2.25 bits per heavy atom. The fraction of sp³-hybridized carbons (Fsp3) is 0.500. The second-order valence-electron chi connectivity index (χ2n) is 4.68. The minimum absolute atomic E-state index is 0. The molecule has 1 rings (SSSR count). The van der Waals surface area contributed by atoms with Crippen molar-refractivity contribution < 1.29 is 9.13 Å². The average molecular weight is 395 g/mol. The fourth-order valence-corrected chi connectivity index (χ4v) is 1.82. The Bertz CT molecular complexity index is 440. The lowest BCUT2D eigenvalue weighted by Crippen LogP contribution is -2.35. The average Bonchev–Trinajstić information content (AvgIpc) is 2.35. The molecule has 4 nitrogen and oxygen atoms in total. The monoisotopic (exact) mass is 395 g/mol. The van der Waals surface area contributed by atoms with Crippen LogP contribution in [0.1, 0.15) is 5.56 Å². The Morgan fingerprint density at radius 1 is 1.20 bits per heavy atom. The van der Waals surface area contributed by atoms with Gasteiger partial charge in [-0.1, -0.05) is 6.07 Å². The minimum Gasteiger partial charge on any atom is -0.497 e. The Kier molecular flexibility index (Phi) is 8.52. The number of methoxy groups -OCH3 is 1. The summed E-state index contributed by atoms with van der Waals surface area (Å²) in [7, 11) is 9.28. The van der Waals surface area contributed by atoms with E-state index in [0.717, 1.165) is 5.96 Å². The van der Waals surface area contributed by atoms with Crippen molar-refractivity contribution in [3.8, 4) is 5.75 Å². The molecule has 0 radical (unpaired) electrons. The Labute approximate surface area is 137 Å². The molecule has 0 N–H and O–H groups in total. The number of aliphatic imine (C=N–C) groups is 1. The molecule has 0 spiro atoms. The maximum absolute atomic E-state index is 13.7. The van der Waals surface area contributed by atoms with Crippen LogP contribution in [0.15, 0.2) is 23.2 Å². The molecule has 0 unspecified atom stereocenters. The van der Waals surface area contributed by atoms with E-state index in [-0.39, 0.29) is 29.8 Å². The van der Waals surface area contributed by atoms with Gasteiger partial charge in [0.2, 0.25) is 0 Å². The van der Waals surface area contributed by atoms with Crippen LogP contribution in [-0.4, -0.2) is 57.6 Å². The topological polar surface area (TPSA) is 28.1 Å². The first-order valence-corrected chi connectivity index (χ1v) is 6.17. The molecule has 0 saturated carbocycles. The molecule has 0 aliphatic rings. The standard InChI is InChI=1S/C14H22FN3O.HI/c1-17(2)14(18(3)4)16-9-8-11-6-7-12(19-5)10-13(11)15;/h6-7,10H,8-9H2,1-5H3;1H. The van der Waals surface area contributed by atoms with Gasteiger partial charge in [-0.05, 0) is 18.1 Å². The quantitative estimate of drug-likeness (QED) is 0.446. The molecule has 0 heterocycles. The second kappa shape index (κ2) is 8.99. The van der Waals surface area contributed by atoms with E-state index in [1.165, 1.54) is 13.2 Å². The number of rotatable bonds is 4. The SMILES string of the molecule is COc1ccc(CCN=C(N(C)C)N(C)C)c(F)c1.I. The van der Waals surface area contributed by atoms with E-state index in [1.807, 2.05) is 38.0 Å². The van der Waals surface area contributed by atoms with Crippen molar-refractivity contribution in [3.05, 3.63) is 29.6 Å². The van der Waals surface area contributed by atoms with Gasteiger partial charge in [0.25, 0.3) is 0 Å². The van der Waals surface area contributed by atoms with Crippen molar-refractivity contribution >= 4 is 29.9 Å². The van der Waals surface area contributed by atoms with E-state index in [4.69, 9.17) is 4.74 Å². The highest BCUT2D eigenvalue weighted by molar-refractivity contribution is 14.0. The zero-order valence-electron chi connectivity index (χ0n) is 12.7. The first-order chi connectivity index (χ1) is 8.95. The second-order valence-corrected chi connectivity index (χ2v) is 4.68. The van der Waals surface area contributed by atoms with Crippen LogP contribution >= 0.6 is 24.0 Å². The van der Waals surface area contributed by atoms with Crippen molar-refractivity contribution in [2.45, 2.75) is 6.42 Å². The molecule has 6 heteroatoms. The van der Waals surface area contributed by atoms with Crippen molar-refractivity contribution in [2.24, 2.45) is 4.99 Å². The number of benzene rings is 1. The Morgan fingerprint density at radius 2 is 1.80 bits per heavy atom. The predicted molar refractivity (Wildman–Crippen MR) is 91.7 cm³/mol. The molecule has 0 aliphatic heterocycles. The van der Waals surface area contributed by atoms with Crippen molar-refractivity contribution in [2.75, 3.05) is 41.8 Å². The van der Waals surface area contributed by atoms with Gasteiger partial charge in [-0.2, -0.15) is 0 Å². The highest BCUT2D eigenvalue weighted by atomic mass is 127. The highest BCUT2D eigenvalue weighted by Crippen LogP contribution is 2.16. The minimum atomic E-state index is -0.245. The third-order valence-corrected chi connectivity index (χ3v) is 2.69. The van der Waals surface area contributed by atoms with Crippen molar-refractivity contribution in [1.29, 1.82) is 0 Å². The first-order valence-electron chi connectivity index (χ1n) is 6.17. The zero-order valence-corrected chi connectivity index (χ0v) is 15.0. The van der Waals surface area contributed by atoms with Gasteiger partial charge in [0.05, 0.1) is 7.11 Å². The number of hydrogen-bond acceptors (Lipinski definition) is 2. The summed E-state index contributed by atoms with van der Waals surface area (Å²) in [6.45, 7) is 0.551. The van der Waals surface area contributed by atoms with Crippen LogP contribution in [-0.2, 0) is 6.42 Å².